The molecule has 0 aliphatic heterocycles. The minimum atomic E-state index is -2.68. The maximum atomic E-state index is 12.6. The van der Waals surface area contributed by atoms with Crippen molar-refractivity contribution in [3.05, 3.63) is 22.5 Å². The van der Waals surface area contributed by atoms with Gasteiger partial charge in [0.25, 0.3) is 6.43 Å². The maximum absolute atomic E-state index is 12.6. The highest BCUT2D eigenvalue weighted by Crippen LogP contribution is 2.34. The van der Waals surface area contributed by atoms with Crippen molar-refractivity contribution in [2.45, 2.75) is 13.0 Å². The first-order valence-electron chi connectivity index (χ1n) is 3.81. The van der Waals surface area contributed by atoms with E-state index < -0.39 is 6.43 Å². The Labute approximate surface area is 84.8 Å². The minimum absolute atomic E-state index is 0.00449. The number of nitrogens with zero attached hydrogens (tertiary/aromatic N) is 1. The molecule has 14 heavy (non-hydrogen) atoms. The first-order valence-corrected chi connectivity index (χ1v) is 4.19. The molecule has 0 amide bonds. The van der Waals surface area contributed by atoms with Crippen LogP contribution in [-0.2, 0) is 6.54 Å². The van der Waals surface area contributed by atoms with Crippen LogP contribution < -0.4 is 10.5 Å². The molecule has 0 spiro atoms. The van der Waals surface area contributed by atoms with Crippen molar-refractivity contribution < 1.29 is 13.5 Å². The van der Waals surface area contributed by atoms with Crippen LogP contribution in [0.25, 0.3) is 0 Å². The average molecular weight is 223 g/mol. The monoisotopic (exact) mass is 222 g/mol. The SMILES string of the molecule is COc1cnc(Cl)c(CN)c1C(F)F. The number of halogens is 3. The van der Waals surface area contributed by atoms with Gasteiger partial charge in [0.05, 0.1) is 18.9 Å². The number of ether oxygens (including phenoxy) is 1. The van der Waals surface area contributed by atoms with Gasteiger partial charge < -0.3 is 10.5 Å². The summed E-state index contributed by atoms with van der Waals surface area (Å²) in [6, 6.07) is 0. The van der Waals surface area contributed by atoms with Gasteiger partial charge in [-0.05, 0) is 0 Å². The van der Waals surface area contributed by atoms with Crippen molar-refractivity contribution in [1.82, 2.24) is 4.98 Å². The van der Waals surface area contributed by atoms with E-state index in [0.717, 1.165) is 6.20 Å². The predicted molar refractivity (Wildman–Crippen MR) is 48.6 cm³/mol. The van der Waals surface area contributed by atoms with Crippen LogP contribution in [0.1, 0.15) is 17.6 Å². The number of methoxy groups -OCH3 is 1. The largest absolute Gasteiger partial charge is 0.495 e. The summed E-state index contributed by atoms with van der Waals surface area (Å²) in [5.41, 5.74) is 5.14. The lowest BCUT2D eigenvalue weighted by Crippen LogP contribution is -2.06. The molecule has 0 aromatic carbocycles. The first-order chi connectivity index (χ1) is 6.61. The van der Waals surface area contributed by atoms with E-state index in [-0.39, 0.29) is 28.6 Å². The fourth-order valence-corrected chi connectivity index (χ4v) is 1.35. The standard InChI is InChI=1S/C8H9ClF2N2O/c1-14-5-3-13-7(9)4(2-12)6(5)8(10)11/h3,8H,2,12H2,1H3. The van der Waals surface area contributed by atoms with Gasteiger partial charge in [0.15, 0.2) is 0 Å². The molecule has 0 bridgehead atoms. The summed E-state index contributed by atoms with van der Waals surface area (Å²) in [6.45, 7) is -0.0945. The summed E-state index contributed by atoms with van der Waals surface area (Å²) in [5, 5.41) is -0.0106. The van der Waals surface area contributed by atoms with Gasteiger partial charge in [-0.2, -0.15) is 0 Å². The second-order valence-electron chi connectivity index (χ2n) is 2.51. The number of rotatable bonds is 3. The Morgan fingerprint density at radius 1 is 1.64 bits per heavy atom. The third kappa shape index (κ3) is 1.93. The summed E-state index contributed by atoms with van der Waals surface area (Å²) >= 11 is 5.62. The predicted octanol–water partition coefficient (Wildman–Crippen LogP) is 2.14. The molecule has 0 atom stereocenters. The van der Waals surface area contributed by atoms with Crippen molar-refractivity contribution in [3.63, 3.8) is 0 Å². The number of aromatic nitrogens is 1. The average Bonchev–Trinajstić information content (AvgIpc) is 2.17. The van der Waals surface area contributed by atoms with Gasteiger partial charge in [-0.3, -0.25) is 0 Å². The summed E-state index contributed by atoms with van der Waals surface area (Å²) in [4.78, 5) is 3.69. The Hall–Kier alpha value is -0.940. The second-order valence-corrected chi connectivity index (χ2v) is 2.87. The Morgan fingerprint density at radius 3 is 2.71 bits per heavy atom. The fraction of sp³-hybridized carbons (Fsp3) is 0.375. The zero-order valence-corrected chi connectivity index (χ0v) is 8.18. The zero-order valence-electron chi connectivity index (χ0n) is 7.43. The van der Waals surface area contributed by atoms with Crippen molar-refractivity contribution in [2.24, 2.45) is 5.73 Å². The summed E-state index contributed by atoms with van der Waals surface area (Å²) in [6.07, 6.45) is -1.52. The van der Waals surface area contributed by atoms with Crippen LogP contribution in [0.15, 0.2) is 6.20 Å². The molecule has 0 unspecified atom stereocenters. The number of hydrogen-bond acceptors (Lipinski definition) is 3. The molecule has 78 valence electrons. The molecule has 0 saturated heterocycles. The lowest BCUT2D eigenvalue weighted by atomic mass is 10.1. The van der Waals surface area contributed by atoms with Crippen LogP contribution in [0, 0.1) is 0 Å². The van der Waals surface area contributed by atoms with Crippen molar-refractivity contribution in [3.8, 4) is 5.75 Å². The Balaban J connectivity index is 3.36. The Morgan fingerprint density at radius 2 is 2.29 bits per heavy atom. The molecule has 0 radical (unpaired) electrons. The molecule has 6 heteroatoms. The van der Waals surface area contributed by atoms with E-state index in [2.05, 4.69) is 4.98 Å². The molecule has 1 heterocycles. The van der Waals surface area contributed by atoms with E-state index >= 15 is 0 Å². The number of nitrogens with two attached hydrogens (primary N) is 1. The van der Waals surface area contributed by atoms with E-state index in [9.17, 15) is 8.78 Å². The molecular weight excluding hydrogens is 214 g/mol. The Bertz CT molecular complexity index is 333. The third-order valence-electron chi connectivity index (χ3n) is 1.78. The van der Waals surface area contributed by atoms with Crippen molar-refractivity contribution in [2.75, 3.05) is 7.11 Å². The van der Waals surface area contributed by atoms with Gasteiger partial charge >= 0.3 is 0 Å². The molecule has 1 rings (SSSR count). The van der Waals surface area contributed by atoms with Crippen LogP contribution in [-0.4, -0.2) is 12.1 Å². The molecule has 0 fully saturated rings. The highest BCUT2D eigenvalue weighted by atomic mass is 35.5. The van der Waals surface area contributed by atoms with E-state index in [4.69, 9.17) is 22.1 Å². The van der Waals surface area contributed by atoms with Gasteiger partial charge in [0.2, 0.25) is 0 Å². The quantitative estimate of drug-likeness (QED) is 0.798. The number of alkyl halides is 2. The topological polar surface area (TPSA) is 48.1 Å². The van der Waals surface area contributed by atoms with E-state index in [1.165, 1.54) is 7.11 Å². The molecule has 1 aromatic heterocycles. The van der Waals surface area contributed by atoms with Crippen LogP contribution in [0.3, 0.4) is 0 Å². The van der Waals surface area contributed by atoms with Crippen LogP contribution in [0.5, 0.6) is 5.75 Å². The Kier molecular flexibility index (Phi) is 3.60. The minimum Gasteiger partial charge on any atom is -0.495 e. The van der Waals surface area contributed by atoms with Gasteiger partial charge in [0, 0.05) is 12.1 Å². The van der Waals surface area contributed by atoms with E-state index in [1.807, 2.05) is 0 Å². The molecular formula is C8H9ClF2N2O. The van der Waals surface area contributed by atoms with Crippen LogP contribution >= 0.6 is 11.6 Å². The second kappa shape index (κ2) is 4.52. The molecule has 0 aliphatic rings. The summed E-state index contributed by atoms with van der Waals surface area (Å²) in [5.74, 6) is 0.00449. The van der Waals surface area contributed by atoms with Crippen molar-refractivity contribution in [1.29, 1.82) is 0 Å². The van der Waals surface area contributed by atoms with Gasteiger partial charge in [-0.25, -0.2) is 13.8 Å². The highest BCUT2D eigenvalue weighted by molar-refractivity contribution is 6.30. The maximum Gasteiger partial charge on any atom is 0.267 e. The smallest absolute Gasteiger partial charge is 0.267 e. The summed E-state index contributed by atoms with van der Waals surface area (Å²) < 4.78 is 30.0. The normalized spacial score (nSPS) is 10.7. The summed E-state index contributed by atoms with van der Waals surface area (Å²) in [7, 11) is 1.29. The van der Waals surface area contributed by atoms with Crippen molar-refractivity contribution >= 4 is 11.6 Å². The molecule has 1 aromatic rings. The molecule has 0 saturated carbocycles. The number of pyridine rings is 1. The number of hydrogen-bond donors (Lipinski definition) is 1. The molecule has 2 N–H and O–H groups in total. The van der Waals surface area contributed by atoms with Gasteiger partial charge in [-0.1, -0.05) is 11.6 Å². The van der Waals surface area contributed by atoms with Crippen LogP contribution in [0.4, 0.5) is 8.78 Å². The lowest BCUT2D eigenvalue weighted by molar-refractivity contribution is 0.145. The lowest BCUT2D eigenvalue weighted by Gasteiger charge is -2.12. The molecule has 3 nitrogen and oxygen atoms in total. The van der Waals surface area contributed by atoms with E-state index in [0.29, 0.717) is 0 Å². The fourth-order valence-electron chi connectivity index (χ4n) is 1.12. The molecule has 0 aliphatic carbocycles. The van der Waals surface area contributed by atoms with E-state index in [1.54, 1.807) is 0 Å². The van der Waals surface area contributed by atoms with Crippen LogP contribution in [0.2, 0.25) is 5.15 Å². The third-order valence-corrected chi connectivity index (χ3v) is 2.10. The first kappa shape index (κ1) is 11.1. The zero-order chi connectivity index (χ0) is 10.7. The van der Waals surface area contributed by atoms with Gasteiger partial charge in [0.1, 0.15) is 10.9 Å². The van der Waals surface area contributed by atoms with Gasteiger partial charge in [-0.15, -0.1) is 0 Å². The highest BCUT2D eigenvalue weighted by Gasteiger charge is 2.21.